The van der Waals surface area contributed by atoms with Crippen LogP contribution in [-0.2, 0) is 4.79 Å². The predicted molar refractivity (Wildman–Crippen MR) is 90.6 cm³/mol. The van der Waals surface area contributed by atoms with Gasteiger partial charge in [-0.1, -0.05) is 34.9 Å². The Bertz CT molecular complexity index is 681. The highest BCUT2D eigenvalue weighted by atomic mass is 79.9. The molecule has 0 aliphatic carbocycles. The van der Waals surface area contributed by atoms with Crippen LogP contribution in [0, 0.1) is 5.92 Å². The summed E-state index contributed by atoms with van der Waals surface area (Å²) >= 11 is 3.41. The van der Waals surface area contributed by atoms with Gasteiger partial charge in [0.1, 0.15) is 6.04 Å². The summed E-state index contributed by atoms with van der Waals surface area (Å²) in [5.74, 6) is 1.23. The van der Waals surface area contributed by atoms with Gasteiger partial charge in [0.15, 0.2) is 0 Å². The fourth-order valence-electron chi connectivity index (χ4n) is 2.87. The summed E-state index contributed by atoms with van der Waals surface area (Å²) in [5.41, 5.74) is 0.903. The van der Waals surface area contributed by atoms with Crippen LogP contribution in [-0.4, -0.2) is 27.5 Å². The fourth-order valence-corrected chi connectivity index (χ4v) is 3.13. The third kappa shape index (κ3) is 3.47. The van der Waals surface area contributed by atoms with Crippen LogP contribution in [0.25, 0.3) is 11.4 Å². The number of hydrogen-bond acceptors (Lipinski definition) is 4. The number of rotatable bonds is 3. The fraction of sp³-hybridized carbons (Fsp3) is 0.471. The monoisotopic (exact) mass is 377 g/mol. The van der Waals surface area contributed by atoms with E-state index in [0.717, 1.165) is 35.8 Å². The maximum absolute atomic E-state index is 12.4. The zero-order chi connectivity index (χ0) is 16.4. The topological polar surface area (TPSA) is 59.2 Å². The molecular weight excluding hydrogens is 358 g/mol. The van der Waals surface area contributed by atoms with E-state index in [0.29, 0.717) is 11.7 Å². The Kier molecular flexibility index (Phi) is 4.80. The van der Waals surface area contributed by atoms with Crippen molar-refractivity contribution >= 4 is 21.8 Å². The first kappa shape index (κ1) is 16.2. The van der Waals surface area contributed by atoms with Crippen LogP contribution >= 0.6 is 15.9 Å². The molecule has 0 N–H and O–H groups in total. The van der Waals surface area contributed by atoms with Gasteiger partial charge in [0.25, 0.3) is 0 Å². The molecule has 0 saturated carbocycles. The summed E-state index contributed by atoms with van der Waals surface area (Å²) in [6.45, 7) is 4.61. The summed E-state index contributed by atoms with van der Waals surface area (Å²) < 4.78 is 6.49. The van der Waals surface area contributed by atoms with Crippen LogP contribution < -0.4 is 0 Å². The van der Waals surface area contributed by atoms with E-state index in [1.165, 1.54) is 0 Å². The Morgan fingerprint density at radius 1 is 1.30 bits per heavy atom. The van der Waals surface area contributed by atoms with Crippen LogP contribution in [0.3, 0.4) is 0 Å². The molecule has 0 unspecified atom stereocenters. The van der Waals surface area contributed by atoms with Gasteiger partial charge in [-0.3, -0.25) is 4.79 Å². The highest BCUT2D eigenvalue weighted by Crippen LogP contribution is 2.32. The molecular formula is C17H20BrN3O2. The van der Waals surface area contributed by atoms with Crippen LogP contribution in [0.5, 0.6) is 0 Å². The van der Waals surface area contributed by atoms with Gasteiger partial charge >= 0.3 is 0 Å². The van der Waals surface area contributed by atoms with E-state index in [1.807, 2.05) is 43.0 Å². The van der Waals surface area contributed by atoms with Crippen LogP contribution in [0.15, 0.2) is 33.3 Å². The highest BCUT2D eigenvalue weighted by molar-refractivity contribution is 9.10. The van der Waals surface area contributed by atoms with Crippen molar-refractivity contribution < 1.29 is 9.32 Å². The van der Waals surface area contributed by atoms with Crippen molar-refractivity contribution in [3.63, 3.8) is 0 Å². The molecule has 1 atom stereocenters. The number of piperidine rings is 1. The first-order valence-electron chi connectivity index (χ1n) is 7.96. The van der Waals surface area contributed by atoms with Gasteiger partial charge in [0, 0.05) is 22.5 Å². The highest BCUT2D eigenvalue weighted by Gasteiger charge is 2.33. The molecule has 1 saturated heterocycles. The maximum Gasteiger partial charge on any atom is 0.249 e. The molecule has 1 amide bonds. The second kappa shape index (κ2) is 6.83. The smallest absolute Gasteiger partial charge is 0.249 e. The second-order valence-corrected chi connectivity index (χ2v) is 7.08. The van der Waals surface area contributed by atoms with Crippen LogP contribution in [0.1, 0.15) is 45.0 Å². The number of aromatic nitrogens is 2. The number of halogens is 1. The minimum atomic E-state index is -0.102. The predicted octanol–water partition coefficient (Wildman–Crippen LogP) is 4.21. The van der Waals surface area contributed by atoms with Gasteiger partial charge in [-0.2, -0.15) is 4.98 Å². The SMILES string of the molecule is CC(C)C(=O)N1CCCC[C@@H]1c1nc(-c2ccc(Br)cc2)no1. The number of likely N-dealkylation sites (tertiary alicyclic amines) is 1. The lowest BCUT2D eigenvalue weighted by atomic mass is 10.00. The van der Waals surface area contributed by atoms with E-state index in [4.69, 9.17) is 4.52 Å². The number of benzene rings is 1. The third-order valence-electron chi connectivity index (χ3n) is 4.11. The van der Waals surface area contributed by atoms with Crippen molar-refractivity contribution in [3.8, 4) is 11.4 Å². The van der Waals surface area contributed by atoms with Crippen molar-refractivity contribution in [2.24, 2.45) is 5.92 Å². The first-order valence-corrected chi connectivity index (χ1v) is 8.75. The lowest BCUT2D eigenvalue weighted by Gasteiger charge is -2.34. The standard InChI is InChI=1S/C17H20BrN3O2/c1-11(2)17(22)21-10-4-3-5-14(21)16-19-15(20-23-16)12-6-8-13(18)9-7-12/h6-9,11,14H,3-5,10H2,1-2H3/t14-/m1/s1. The normalized spacial score (nSPS) is 18.4. The van der Waals surface area contributed by atoms with Gasteiger partial charge in [0.2, 0.25) is 17.6 Å². The molecule has 2 heterocycles. The van der Waals surface area contributed by atoms with E-state index in [9.17, 15) is 4.79 Å². The lowest BCUT2D eigenvalue weighted by Crippen LogP contribution is -2.40. The molecule has 2 aromatic rings. The Hall–Kier alpha value is -1.69. The molecule has 0 spiro atoms. The Morgan fingerprint density at radius 3 is 2.74 bits per heavy atom. The molecule has 1 aliphatic heterocycles. The average Bonchev–Trinajstić information content (AvgIpc) is 3.04. The molecule has 23 heavy (non-hydrogen) atoms. The summed E-state index contributed by atoms with van der Waals surface area (Å²) in [4.78, 5) is 18.9. The summed E-state index contributed by atoms with van der Waals surface area (Å²) in [7, 11) is 0. The van der Waals surface area contributed by atoms with Gasteiger partial charge in [-0.05, 0) is 43.5 Å². The van der Waals surface area contributed by atoms with E-state index in [1.54, 1.807) is 0 Å². The molecule has 0 radical (unpaired) electrons. The van der Waals surface area contributed by atoms with Crippen molar-refractivity contribution in [1.82, 2.24) is 15.0 Å². The van der Waals surface area contributed by atoms with Crippen molar-refractivity contribution in [2.75, 3.05) is 6.54 Å². The van der Waals surface area contributed by atoms with E-state index in [-0.39, 0.29) is 17.9 Å². The molecule has 6 heteroatoms. The van der Waals surface area contributed by atoms with Gasteiger partial charge < -0.3 is 9.42 Å². The van der Waals surface area contributed by atoms with Crippen molar-refractivity contribution in [1.29, 1.82) is 0 Å². The van der Waals surface area contributed by atoms with Crippen molar-refractivity contribution in [3.05, 3.63) is 34.6 Å². The van der Waals surface area contributed by atoms with E-state index < -0.39 is 0 Å². The average molecular weight is 378 g/mol. The molecule has 5 nitrogen and oxygen atoms in total. The maximum atomic E-state index is 12.4. The summed E-state index contributed by atoms with van der Waals surface area (Å²) in [5, 5.41) is 4.09. The number of carbonyl (C=O) groups is 1. The largest absolute Gasteiger partial charge is 0.337 e. The van der Waals surface area contributed by atoms with Crippen LogP contribution in [0.2, 0.25) is 0 Å². The number of carbonyl (C=O) groups excluding carboxylic acids is 1. The molecule has 1 aromatic carbocycles. The zero-order valence-electron chi connectivity index (χ0n) is 13.3. The van der Waals surface area contributed by atoms with E-state index >= 15 is 0 Å². The first-order chi connectivity index (χ1) is 11.1. The van der Waals surface area contributed by atoms with Crippen molar-refractivity contribution in [2.45, 2.75) is 39.2 Å². The number of hydrogen-bond donors (Lipinski definition) is 0. The Balaban J connectivity index is 1.85. The minimum Gasteiger partial charge on any atom is -0.337 e. The number of nitrogens with zero attached hydrogens (tertiary/aromatic N) is 3. The molecule has 1 aromatic heterocycles. The minimum absolute atomic E-state index is 0.0236. The molecule has 1 fully saturated rings. The van der Waals surface area contributed by atoms with Crippen LogP contribution in [0.4, 0.5) is 0 Å². The molecule has 3 rings (SSSR count). The lowest BCUT2D eigenvalue weighted by molar-refractivity contribution is -0.139. The summed E-state index contributed by atoms with van der Waals surface area (Å²) in [6.07, 6.45) is 2.98. The Morgan fingerprint density at radius 2 is 2.04 bits per heavy atom. The Labute approximate surface area is 144 Å². The quantitative estimate of drug-likeness (QED) is 0.803. The molecule has 1 aliphatic rings. The second-order valence-electron chi connectivity index (χ2n) is 6.16. The van der Waals surface area contributed by atoms with Gasteiger partial charge in [-0.15, -0.1) is 0 Å². The zero-order valence-corrected chi connectivity index (χ0v) is 14.9. The van der Waals surface area contributed by atoms with E-state index in [2.05, 4.69) is 26.1 Å². The van der Waals surface area contributed by atoms with Gasteiger partial charge in [-0.25, -0.2) is 0 Å². The number of amides is 1. The summed E-state index contributed by atoms with van der Waals surface area (Å²) in [6, 6.07) is 7.67. The third-order valence-corrected chi connectivity index (χ3v) is 4.64. The van der Waals surface area contributed by atoms with Gasteiger partial charge in [0.05, 0.1) is 0 Å². The molecule has 122 valence electrons. The molecule has 0 bridgehead atoms.